The van der Waals surface area contributed by atoms with Gasteiger partial charge in [-0.2, -0.15) is 0 Å². The Morgan fingerprint density at radius 3 is 2.77 bits per heavy atom. The molecule has 22 heavy (non-hydrogen) atoms. The molecule has 7 nitrogen and oxygen atoms in total. The number of guanidine groups is 1. The summed E-state index contributed by atoms with van der Waals surface area (Å²) in [5.41, 5.74) is 0. The first-order chi connectivity index (χ1) is 10.6. The molecule has 1 atom stereocenters. The minimum atomic E-state index is -2.86. The zero-order valence-electron chi connectivity index (χ0n) is 13.4. The summed E-state index contributed by atoms with van der Waals surface area (Å²) in [5, 5.41) is 6.42. The fraction of sp³-hybridized carbons (Fsp3) is 0.929. The maximum absolute atomic E-state index is 11.5. The monoisotopic (exact) mass is 332 g/mol. The molecule has 2 N–H and O–H groups in total. The minimum Gasteiger partial charge on any atom is -0.379 e. The summed E-state index contributed by atoms with van der Waals surface area (Å²) in [6, 6.07) is -0.0120. The van der Waals surface area contributed by atoms with Gasteiger partial charge in [-0.15, -0.1) is 0 Å². The molecular formula is C14H28N4O3S. The molecule has 2 rings (SSSR count). The number of nitrogens with zero attached hydrogens (tertiary/aromatic N) is 2. The summed E-state index contributed by atoms with van der Waals surface area (Å²) >= 11 is 0. The topological polar surface area (TPSA) is 83.0 Å². The molecule has 0 aromatic heterocycles. The highest BCUT2D eigenvalue weighted by atomic mass is 32.2. The van der Waals surface area contributed by atoms with Gasteiger partial charge in [0.25, 0.3) is 0 Å². The van der Waals surface area contributed by atoms with Gasteiger partial charge in [0.05, 0.1) is 24.7 Å². The lowest BCUT2D eigenvalue weighted by Gasteiger charge is -2.26. The van der Waals surface area contributed by atoms with Gasteiger partial charge in [-0.25, -0.2) is 8.42 Å². The van der Waals surface area contributed by atoms with Gasteiger partial charge in [0, 0.05) is 38.8 Å². The second-order valence-electron chi connectivity index (χ2n) is 5.81. The predicted octanol–water partition coefficient (Wildman–Crippen LogP) is -0.549. The quantitative estimate of drug-likeness (QED) is 0.386. The highest BCUT2D eigenvalue weighted by Crippen LogP contribution is 2.10. The van der Waals surface area contributed by atoms with Gasteiger partial charge in [-0.05, 0) is 19.8 Å². The number of sulfone groups is 1. The van der Waals surface area contributed by atoms with Crippen LogP contribution in [0.2, 0.25) is 0 Å². The van der Waals surface area contributed by atoms with E-state index in [1.807, 2.05) is 6.92 Å². The fourth-order valence-corrected chi connectivity index (χ4v) is 4.41. The molecule has 0 spiro atoms. The van der Waals surface area contributed by atoms with Crippen molar-refractivity contribution in [2.75, 3.05) is 57.4 Å². The fourth-order valence-electron chi connectivity index (χ4n) is 2.73. The van der Waals surface area contributed by atoms with Crippen LogP contribution in [0.5, 0.6) is 0 Å². The molecular weight excluding hydrogens is 304 g/mol. The molecule has 0 bridgehead atoms. The van der Waals surface area contributed by atoms with Gasteiger partial charge < -0.3 is 15.4 Å². The third kappa shape index (κ3) is 6.10. The number of rotatable bonds is 6. The Balaban J connectivity index is 1.72. The van der Waals surface area contributed by atoms with Crippen molar-refractivity contribution in [2.24, 2.45) is 4.99 Å². The van der Waals surface area contributed by atoms with Crippen molar-refractivity contribution in [1.82, 2.24) is 15.5 Å². The Hall–Kier alpha value is -0.860. The van der Waals surface area contributed by atoms with Crippen molar-refractivity contribution in [3.8, 4) is 0 Å². The number of aliphatic imine (C=N–C) groups is 1. The van der Waals surface area contributed by atoms with E-state index in [9.17, 15) is 8.42 Å². The molecule has 1 unspecified atom stereocenters. The Kier molecular flexibility index (Phi) is 6.91. The zero-order chi connectivity index (χ0) is 15.8. The number of hydrogen-bond donors (Lipinski definition) is 2. The Labute approximate surface area is 133 Å². The number of morpholine rings is 1. The third-order valence-corrected chi connectivity index (χ3v) is 5.69. The van der Waals surface area contributed by atoms with Gasteiger partial charge in [0.1, 0.15) is 0 Å². The lowest BCUT2D eigenvalue weighted by atomic mass is 10.3. The standard InChI is InChI=1S/C14H28N4O3S/c1-2-15-14(17-13-4-11-22(19,20)12-13)16-5-3-6-18-7-9-21-10-8-18/h13H,2-12H2,1H3,(H2,15,16,17). The summed E-state index contributed by atoms with van der Waals surface area (Å²) in [5.74, 6) is 1.22. The van der Waals surface area contributed by atoms with Crippen molar-refractivity contribution in [3.63, 3.8) is 0 Å². The summed E-state index contributed by atoms with van der Waals surface area (Å²) < 4.78 is 28.3. The van der Waals surface area contributed by atoms with E-state index in [0.717, 1.165) is 58.3 Å². The number of nitrogens with one attached hydrogen (secondary N) is 2. The van der Waals surface area contributed by atoms with E-state index < -0.39 is 9.84 Å². The van der Waals surface area contributed by atoms with Crippen molar-refractivity contribution >= 4 is 15.8 Å². The molecule has 0 aliphatic carbocycles. The maximum atomic E-state index is 11.5. The first kappa shape index (κ1) is 17.5. The lowest BCUT2D eigenvalue weighted by Crippen LogP contribution is -2.44. The Morgan fingerprint density at radius 2 is 2.14 bits per heavy atom. The third-order valence-electron chi connectivity index (χ3n) is 3.92. The van der Waals surface area contributed by atoms with Gasteiger partial charge in [-0.1, -0.05) is 0 Å². The molecule has 0 amide bonds. The van der Waals surface area contributed by atoms with Crippen LogP contribution in [0.4, 0.5) is 0 Å². The van der Waals surface area contributed by atoms with Crippen LogP contribution in [0.15, 0.2) is 4.99 Å². The van der Waals surface area contributed by atoms with E-state index in [4.69, 9.17) is 4.74 Å². The van der Waals surface area contributed by atoms with Crippen LogP contribution in [0.1, 0.15) is 19.8 Å². The molecule has 2 fully saturated rings. The Morgan fingerprint density at radius 1 is 1.36 bits per heavy atom. The largest absolute Gasteiger partial charge is 0.379 e. The van der Waals surface area contributed by atoms with Crippen molar-refractivity contribution in [3.05, 3.63) is 0 Å². The highest BCUT2D eigenvalue weighted by Gasteiger charge is 2.28. The van der Waals surface area contributed by atoms with Crippen LogP contribution < -0.4 is 10.6 Å². The molecule has 0 radical (unpaired) electrons. The van der Waals surface area contributed by atoms with Crippen LogP contribution >= 0.6 is 0 Å². The molecule has 128 valence electrons. The van der Waals surface area contributed by atoms with Crippen molar-refractivity contribution < 1.29 is 13.2 Å². The maximum Gasteiger partial charge on any atom is 0.191 e. The van der Waals surface area contributed by atoms with Crippen molar-refractivity contribution in [2.45, 2.75) is 25.8 Å². The lowest BCUT2D eigenvalue weighted by molar-refractivity contribution is 0.0377. The SMILES string of the molecule is CCNC(=NCCCN1CCOCC1)NC1CCS(=O)(=O)C1. The van der Waals surface area contributed by atoms with E-state index in [-0.39, 0.29) is 17.5 Å². The number of hydrogen-bond acceptors (Lipinski definition) is 5. The molecule has 2 heterocycles. The smallest absolute Gasteiger partial charge is 0.191 e. The van der Waals surface area contributed by atoms with Crippen LogP contribution in [0.3, 0.4) is 0 Å². The van der Waals surface area contributed by atoms with E-state index in [0.29, 0.717) is 6.42 Å². The molecule has 0 aromatic rings. The molecule has 8 heteroatoms. The molecule has 0 saturated carbocycles. The van der Waals surface area contributed by atoms with Crippen LogP contribution in [-0.4, -0.2) is 82.8 Å². The summed E-state index contributed by atoms with van der Waals surface area (Å²) in [4.78, 5) is 6.94. The average Bonchev–Trinajstić information content (AvgIpc) is 2.84. The molecule has 2 aliphatic rings. The second-order valence-corrected chi connectivity index (χ2v) is 8.04. The molecule has 2 saturated heterocycles. The normalized spacial score (nSPS) is 26.0. The van der Waals surface area contributed by atoms with E-state index >= 15 is 0 Å². The zero-order valence-corrected chi connectivity index (χ0v) is 14.2. The number of ether oxygens (including phenoxy) is 1. The van der Waals surface area contributed by atoms with Crippen LogP contribution in [0.25, 0.3) is 0 Å². The van der Waals surface area contributed by atoms with Gasteiger partial charge in [0.2, 0.25) is 0 Å². The van der Waals surface area contributed by atoms with Gasteiger partial charge >= 0.3 is 0 Å². The first-order valence-corrected chi connectivity index (χ1v) is 9.96. The Bertz CT molecular complexity index is 461. The summed E-state index contributed by atoms with van der Waals surface area (Å²) in [7, 11) is -2.86. The van der Waals surface area contributed by atoms with Crippen LogP contribution in [-0.2, 0) is 14.6 Å². The van der Waals surface area contributed by atoms with Crippen molar-refractivity contribution in [1.29, 1.82) is 0 Å². The van der Waals surface area contributed by atoms with Gasteiger partial charge in [0.15, 0.2) is 15.8 Å². The average molecular weight is 332 g/mol. The highest BCUT2D eigenvalue weighted by molar-refractivity contribution is 7.91. The van der Waals surface area contributed by atoms with Crippen LogP contribution in [0, 0.1) is 0 Å². The molecule has 2 aliphatic heterocycles. The second kappa shape index (κ2) is 8.69. The predicted molar refractivity (Wildman–Crippen MR) is 88.0 cm³/mol. The van der Waals surface area contributed by atoms with E-state index in [1.54, 1.807) is 0 Å². The minimum absolute atomic E-state index is 0.0120. The first-order valence-electron chi connectivity index (χ1n) is 8.14. The van der Waals surface area contributed by atoms with E-state index in [1.165, 1.54) is 0 Å². The summed E-state index contributed by atoms with van der Waals surface area (Å²) in [6.45, 7) is 8.21. The molecule has 0 aromatic carbocycles. The van der Waals surface area contributed by atoms with E-state index in [2.05, 4.69) is 20.5 Å². The summed E-state index contributed by atoms with van der Waals surface area (Å²) in [6.07, 6.45) is 1.67. The van der Waals surface area contributed by atoms with Gasteiger partial charge in [-0.3, -0.25) is 9.89 Å².